The maximum Gasteiger partial charge on any atom is 0.128 e. The fourth-order valence-electron chi connectivity index (χ4n) is 3.23. The maximum atomic E-state index is 6.20. The predicted molar refractivity (Wildman–Crippen MR) is 112 cm³/mol. The summed E-state index contributed by atoms with van der Waals surface area (Å²) in [5, 5.41) is 11.8. The number of benzene rings is 2. The summed E-state index contributed by atoms with van der Waals surface area (Å²) < 4.78 is 0. The lowest BCUT2D eigenvalue weighted by Gasteiger charge is -2.15. The molecule has 2 aromatic carbocycles. The van der Waals surface area contributed by atoms with E-state index in [0.29, 0.717) is 0 Å². The lowest BCUT2D eigenvalue weighted by Crippen LogP contribution is -2.05. The molecule has 0 bridgehead atoms. The first-order chi connectivity index (χ1) is 12.2. The van der Waals surface area contributed by atoms with Crippen LogP contribution in [0.25, 0.3) is 10.9 Å². The third-order valence-corrected chi connectivity index (χ3v) is 6.71. The van der Waals surface area contributed by atoms with Crippen LogP contribution in [0.15, 0.2) is 52.7 Å². The number of H-pyrrole nitrogens is 1. The number of hydrogen-bond donors (Lipinski definition) is 2. The van der Waals surface area contributed by atoms with Crippen LogP contribution < -0.4 is 0 Å². The summed E-state index contributed by atoms with van der Waals surface area (Å²) >= 11 is 6.20. The van der Waals surface area contributed by atoms with Crippen LogP contribution in [0, 0.1) is 6.92 Å². The molecule has 0 saturated heterocycles. The molecule has 1 unspecified atom stereocenters. The van der Waals surface area contributed by atoms with Gasteiger partial charge in [0.1, 0.15) is 5.04 Å². The SMILES string of the molecule is CCc1c(C2=NN=C[SH]2Cc2ccc(C)cc2)[nH]c2ccc(Cl)cc12. The number of aromatic nitrogens is 1. The molecule has 4 rings (SSSR count). The molecule has 3 aromatic rings. The highest BCUT2D eigenvalue weighted by Crippen LogP contribution is 2.39. The van der Waals surface area contributed by atoms with Gasteiger partial charge in [0.2, 0.25) is 0 Å². The highest BCUT2D eigenvalue weighted by molar-refractivity contribution is 8.40. The summed E-state index contributed by atoms with van der Waals surface area (Å²) in [6.07, 6.45) is 0.933. The van der Waals surface area contributed by atoms with Crippen LogP contribution in [0.2, 0.25) is 5.02 Å². The quantitative estimate of drug-likeness (QED) is 0.562. The molecule has 0 radical (unpaired) electrons. The van der Waals surface area contributed by atoms with Crippen LogP contribution in [0.3, 0.4) is 0 Å². The molecule has 0 fully saturated rings. The Morgan fingerprint density at radius 2 is 1.92 bits per heavy atom. The van der Waals surface area contributed by atoms with E-state index in [9.17, 15) is 0 Å². The highest BCUT2D eigenvalue weighted by Gasteiger charge is 2.23. The minimum Gasteiger partial charge on any atom is -0.353 e. The molecule has 3 nitrogen and oxygen atoms in total. The van der Waals surface area contributed by atoms with Gasteiger partial charge in [-0.15, -0.1) is 5.10 Å². The lowest BCUT2D eigenvalue weighted by atomic mass is 10.1. The maximum absolute atomic E-state index is 6.20. The second kappa shape index (κ2) is 6.70. The van der Waals surface area contributed by atoms with Gasteiger partial charge < -0.3 is 4.98 Å². The Hall–Kier alpha value is -2.04. The molecule has 1 N–H and O–H groups in total. The highest BCUT2D eigenvalue weighted by atomic mass is 35.5. The zero-order chi connectivity index (χ0) is 17.4. The average molecular weight is 370 g/mol. The smallest absolute Gasteiger partial charge is 0.128 e. The van der Waals surface area contributed by atoms with Gasteiger partial charge in [-0.3, -0.25) is 0 Å². The Bertz CT molecular complexity index is 986. The van der Waals surface area contributed by atoms with Crippen molar-refractivity contribution < 1.29 is 0 Å². The summed E-state index contributed by atoms with van der Waals surface area (Å²) in [4.78, 5) is 3.56. The van der Waals surface area contributed by atoms with Crippen molar-refractivity contribution in [1.29, 1.82) is 0 Å². The molecule has 0 aliphatic carbocycles. The van der Waals surface area contributed by atoms with Gasteiger partial charge in [0.05, 0.1) is 11.2 Å². The van der Waals surface area contributed by atoms with E-state index in [0.717, 1.165) is 33.5 Å². The van der Waals surface area contributed by atoms with E-state index in [-0.39, 0.29) is 0 Å². The van der Waals surface area contributed by atoms with E-state index >= 15 is 0 Å². The van der Waals surface area contributed by atoms with Crippen molar-refractivity contribution in [2.75, 3.05) is 0 Å². The minimum atomic E-state index is -0.543. The largest absolute Gasteiger partial charge is 0.353 e. The second-order valence-electron chi connectivity index (χ2n) is 6.29. The number of rotatable bonds is 4. The lowest BCUT2D eigenvalue weighted by molar-refractivity contribution is 1.14. The Morgan fingerprint density at radius 3 is 2.68 bits per heavy atom. The number of nitrogens with zero attached hydrogens (tertiary/aromatic N) is 2. The normalized spacial score (nSPS) is 18.0. The van der Waals surface area contributed by atoms with E-state index in [1.54, 1.807) is 0 Å². The van der Waals surface area contributed by atoms with Crippen molar-refractivity contribution in [3.63, 3.8) is 0 Å². The van der Waals surface area contributed by atoms with Crippen LogP contribution in [0.4, 0.5) is 0 Å². The Balaban J connectivity index is 1.71. The number of aryl methyl sites for hydroxylation is 2. The molecule has 0 amide bonds. The first-order valence-electron chi connectivity index (χ1n) is 8.39. The van der Waals surface area contributed by atoms with Gasteiger partial charge in [-0.25, -0.2) is 0 Å². The van der Waals surface area contributed by atoms with Gasteiger partial charge in [0.25, 0.3) is 0 Å². The molecule has 0 spiro atoms. The standard InChI is InChI=1S/C20H20ClN3S/c1-3-16-17-10-15(21)8-9-18(17)23-19(16)20-24-22-12-25(20)11-14-6-4-13(2)5-7-14/h4-10,12,23,25H,3,11H2,1-2H3. The molecule has 25 heavy (non-hydrogen) atoms. The first kappa shape index (κ1) is 16.4. The number of thiol groups is 1. The van der Waals surface area contributed by atoms with Crippen LogP contribution in [0.5, 0.6) is 0 Å². The number of hydrogen-bond acceptors (Lipinski definition) is 2. The first-order valence-corrected chi connectivity index (χ1v) is 10.4. The van der Waals surface area contributed by atoms with Crippen molar-refractivity contribution >= 4 is 44.0 Å². The van der Waals surface area contributed by atoms with E-state index in [1.807, 2.05) is 23.7 Å². The average Bonchev–Trinajstić information content (AvgIpc) is 3.20. The summed E-state index contributed by atoms with van der Waals surface area (Å²) in [5.41, 5.74) is 8.13. The van der Waals surface area contributed by atoms with Crippen molar-refractivity contribution in [3.8, 4) is 0 Å². The van der Waals surface area contributed by atoms with E-state index in [4.69, 9.17) is 11.6 Å². The number of nitrogens with one attached hydrogen (secondary N) is 1. The molecule has 1 aromatic heterocycles. The van der Waals surface area contributed by atoms with Crippen molar-refractivity contribution in [2.24, 2.45) is 10.2 Å². The third-order valence-electron chi connectivity index (χ3n) is 4.53. The fraction of sp³-hybridized carbons (Fsp3) is 0.200. The van der Waals surface area contributed by atoms with Gasteiger partial charge in [0.15, 0.2) is 0 Å². The van der Waals surface area contributed by atoms with Gasteiger partial charge in [-0.05, 0) is 42.7 Å². The van der Waals surface area contributed by atoms with Gasteiger partial charge >= 0.3 is 0 Å². The minimum absolute atomic E-state index is 0.543. The van der Waals surface area contributed by atoms with Crippen molar-refractivity contribution in [1.82, 2.24) is 4.98 Å². The van der Waals surface area contributed by atoms with E-state index in [2.05, 4.69) is 53.3 Å². The van der Waals surface area contributed by atoms with Crippen LogP contribution in [0.1, 0.15) is 29.3 Å². The number of aromatic amines is 1. The van der Waals surface area contributed by atoms with Gasteiger partial charge in [-0.2, -0.15) is 16.0 Å². The number of halogens is 1. The van der Waals surface area contributed by atoms with Crippen LogP contribution in [-0.2, 0) is 12.2 Å². The molecule has 1 atom stereocenters. The summed E-state index contributed by atoms with van der Waals surface area (Å²) in [5.74, 6) is 0.969. The van der Waals surface area contributed by atoms with E-state index < -0.39 is 10.9 Å². The van der Waals surface area contributed by atoms with E-state index in [1.165, 1.54) is 22.1 Å². The molecule has 0 saturated carbocycles. The predicted octanol–water partition coefficient (Wildman–Crippen LogP) is 5.60. The summed E-state index contributed by atoms with van der Waals surface area (Å²) in [6, 6.07) is 14.7. The molecular formula is C20H20ClN3S. The van der Waals surface area contributed by atoms with Crippen LogP contribution >= 0.6 is 22.5 Å². The topological polar surface area (TPSA) is 40.5 Å². The van der Waals surface area contributed by atoms with Gasteiger partial charge in [-0.1, -0.05) is 48.4 Å². The third kappa shape index (κ3) is 3.12. The molecule has 1 aliphatic rings. The Morgan fingerprint density at radius 1 is 1.12 bits per heavy atom. The summed E-state index contributed by atoms with van der Waals surface area (Å²) in [7, 11) is -0.543. The fourth-order valence-corrected chi connectivity index (χ4v) is 5.17. The summed E-state index contributed by atoms with van der Waals surface area (Å²) in [6.45, 7) is 4.29. The Kier molecular flexibility index (Phi) is 4.40. The molecular weight excluding hydrogens is 350 g/mol. The zero-order valence-corrected chi connectivity index (χ0v) is 15.9. The van der Waals surface area contributed by atoms with Gasteiger partial charge in [0, 0.05) is 21.7 Å². The van der Waals surface area contributed by atoms with Crippen molar-refractivity contribution in [3.05, 3.63) is 69.9 Å². The molecule has 2 heterocycles. The molecule has 5 heteroatoms. The Labute approximate surface area is 155 Å². The molecule has 1 aliphatic heterocycles. The van der Waals surface area contributed by atoms with Crippen LogP contribution in [-0.4, -0.2) is 15.6 Å². The molecule has 128 valence electrons. The second-order valence-corrected chi connectivity index (χ2v) is 8.64. The van der Waals surface area contributed by atoms with Crippen molar-refractivity contribution in [2.45, 2.75) is 26.0 Å². The monoisotopic (exact) mass is 369 g/mol. The number of fused-ring (bicyclic) bond motifs is 1. The zero-order valence-electron chi connectivity index (χ0n) is 14.3.